The molecule has 4 nitrogen and oxygen atoms in total. The van der Waals surface area contributed by atoms with Gasteiger partial charge in [-0.3, -0.25) is 9.69 Å². The van der Waals surface area contributed by atoms with Crippen LogP contribution in [0.1, 0.15) is 33.6 Å². The fraction of sp³-hybridized carbons (Fsp3) is 0.917. The number of rotatable bonds is 4. The minimum absolute atomic E-state index is 0.0584. The molecule has 1 heterocycles. The largest absolute Gasteiger partial charge is 0.353 e. The lowest BCUT2D eigenvalue weighted by molar-refractivity contribution is -0.122. The summed E-state index contributed by atoms with van der Waals surface area (Å²) in [6.07, 6.45) is 2.60. The Morgan fingerprint density at radius 2 is 2.25 bits per heavy atom. The zero-order chi connectivity index (χ0) is 12.1. The number of hydrogen-bond donors (Lipinski definition) is 2. The van der Waals surface area contributed by atoms with Crippen molar-refractivity contribution in [2.75, 3.05) is 19.6 Å². The second kappa shape index (κ2) is 6.21. The maximum atomic E-state index is 11.3. The molecule has 0 saturated carbocycles. The number of nitrogens with zero attached hydrogens (tertiary/aromatic N) is 1. The van der Waals surface area contributed by atoms with Gasteiger partial charge in [-0.05, 0) is 39.2 Å². The van der Waals surface area contributed by atoms with Crippen molar-refractivity contribution in [1.29, 1.82) is 0 Å². The number of nitrogens with one attached hydrogen (secondary N) is 1. The number of carbonyl (C=O) groups excluding carboxylic acids is 1. The molecule has 1 saturated heterocycles. The van der Waals surface area contributed by atoms with Crippen molar-refractivity contribution in [1.82, 2.24) is 10.2 Å². The zero-order valence-electron chi connectivity index (χ0n) is 10.7. The van der Waals surface area contributed by atoms with E-state index in [0.29, 0.717) is 12.6 Å². The maximum absolute atomic E-state index is 11.3. The van der Waals surface area contributed by atoms with E-state index in [1.807, 2.05) is 0 Å². The van der Waals surface area contributed by atoms with Crippen molar-refractivity contribution >= 4 is 5.91 Å². The number of likely N-dealkylation sites (tertiary alicyclic amines) is 1. The summed E-state index contributed by atoms with van der Waals surface area (Å²) in [5, 5.41) is 2.89. The molecule has 4 heteroatoms. The monoisotopic (exact) mass is 227 g/mol. The van der Waals surface area contributed by atoms with Crippen molar-refractivity contribution in [3.8, 4) is 0 Å². The highest BCUT2D eigenvalue weighted by Gasteiger charge is 2.21. The molecule has 1 amide bonds. The van der Waals surface area contributed by atoms with Crippen LogP contribution in [0.15, 0.2) is 0 Å². The Hall–Kier alpha value is -0.610. The summed E-state index contributed by atoms with van der Waals surface area (Å²) in [6.45, 7) is 9.17. The van der Waals surface area contributed by atoms with Crippen LogP contribution >= 0.6 is 0 Å². The third-order valence-corrected chi connectivity index (χ3v) is 3.30. The van der Waals surface area contributed by atoms with E-state index >= 15 is 0 Å². The van der Waals surface area contributed by atoms with E-state index in [9.17, 15) is 4.79 Å². The van der Waals surface area contributed by atoms with Crippen molar-refractivity contribution in [3.05, 3.63) is 0 Å². The predicted octanol–water partition coefficient (Wildman–Crippen LogP) is 0.570. The molecule has 16 heavy (non-hydrogen) atoms. The molecule has 2 unspecified atom stereocenters. The molecule has 0 radical (unpaired) electrons. The standard InChI is InChI=1S/C12H25N3O/c1-9-5-4-6-15(8-9)10(2)7-14-12(16)11(3)13/h9-11H,4-8,13H2,1-3H3,(H,14,16)/t9?,10?,11-/m0/s1. The lowest BCUT2D eigenvalue weighted by Crippen LogP contribution is -2.48. The van der Waals surface area contributed by atoms with Gasteiger partial charge in [0.25, 0.3) is 0 Å². The molecule has 1 fully saturated rings. The summed E-state index contributed by atoms with van der Waals surface area (Å²) < 4.78 is 0. The highest BCUT2D eigenvalue weighted by Crippen LogP contribution is 2.17. The molecule has 0 aromatic rings. The molecular formula is C12H25N3O. The third-order valence-electron chi connectivity index (χ3n) is 3.30. The van der Waals surface area contributed by atoms with Gasteiger partial charge in [0.2, 0.25) is 5.91 Å². The van der Waals surface area contributed by atoms with E-state index in [2.05, 4.69) is 24.1 Å². The van der Waals surface area contributed by atoms with E-state index < -0.39 is 6.04 Å². The summed E-state index contributed by atoms with van der Waals surface area (Å²) in [5.41, 5.74) is 5.50. The van der Waals surface area contributed by atoms with Crippen LogP contribution in [0.3, 0.4) is 0 Å². The average molecular weight is 227 g/mol. The quantitative estimate of drug-likeness (QED) is 0.738. The van der Waals surface area contributed by atoms with Crippen LogP contribution in [0.2, 0.25) is 0 Å². The first kappa shape index (κ1) is 13.5. The molecule has 1 aliphatic heterocycles. The molecule has 1 aliphatic rings. The van der Waals surface area contributed by atoms with Crippen LogP contribution in [-0.4, -0.2) is 42.5 Å². The molecule has 94 valence electrons. The molecule has 0 aromatic carbocycles. The minimum Gasteiger partial charge on any atom is -0.353 e. The van der Waals surface area contributed by atoms with Crippen molar-refractivity contribution in [2.24, 2.45) is 11.7 Å². The Morgan fingerprint density at radius 3 is 2.81 bits per heavy atom. The van der Waals surface area contributed by atoms with Crippen LogP contribution in [0.5, 0.6) is 0 Å². The fourth-order valence-corrected chi connectivity index (χ4v) is 2.16. The van der Waals surface area contributed by atoms with Gasteiger partial charge in [0.15, 0.2) is 0 Å². The van der Waals surface area contributed by atoms with E-state index in [1.54, 1.807) is 6.92 Å². The van der Waals surface area contributed by atoms with Crippen molar-refractivity contribution < 1.29 is 4.79 Å². The Labute approximate surface area is 98.6 Å². The average Bonchev–Trinajstić information content (AvgIpc) is 2.25. The highest BCUT2D eigenvalue weighted by atomic mass is 16.2. The van der Waals surface area contributed by atoms with Crippen LogP contribution < -0.4 is 11.1 Å². The van der Waals surface area contributed by atoms with Gasteiger partial charge in [0, 0.05) is 19.1 Å². The van der Waals surface area contributed by atoms with Crippen LogP contribution in [-0.2, 0) is 4.79 Å². The van der Waals surface area contributed by atoms with Gasteiger partial charge < -0.3 is 11.1 Å². The first-order chi connectivity index (χ1) is 7.50. The van der Waals surface area contributed by atoms with Gasteiger partial charge >= 0.3 is 0 Å². The van der Waals surface area contributed by atoms with E-state index in [-0.39, 0.29) is 5.91 Å². The molecule has 0 aromatic heterocycles. The first-order valence-electron chi connectivity index (χ1n) is 6.28. The van der Waals surface area contributed by atoms with Crippen LogP contribution in [0.4, 0.5) is 0 Å². The highest BCUT2D eigenvalue weighted by molar-refractivity contribution is 5.80. The SMILES string of the molecule is CC1CCCN(C(C)CNC(=O)[C@H](C)N)C1. The summed E-state index contributed by atoms with van der Waals surface area (Å²) in [5.74, 6) is 0.720. The van der Waals surface area contributed by atoms with Gasteiger partial charge in [0.05, 0.1) is 6.04 Å². The van der Waals surface area contributed by atoms with E-state index in [1.165, 1.54) is 12.8 Å². The summed E-state index contributed by atoms with van der Waals surface area (Å²) >= 11 is 0. The van der Waals surface area contributed by atoms with Gasteiger partial charge in [-0.1, -0.05) is 6.92 Å². The Morgan fingerprint density at radius 1 is 1.56 bits per heavy atom. The van der Waals surface area contributed by atoms with Crippen molar-refractivity contribution in [3.63, 3.8) is 0 Å². The lowest BCUT2D eigenvalue weighted by atomic mass is 9.99. The molecule has 0 bridgehead atoms. The Balaban J connectivity index is 2.28. The predicted molar refractivity (Wildman–Crippen MR) is 66.1 cm³/mol. The van der Waals surface area contributed by atoms with E-state index in [0.717, 1.165) is 19.0 Å². The second-order valence-corrected chi connectivity index (χ2v) is 5.13. The molecule has 0 aliphatic carbocycles. The first-order valence-corrected chi connectivity index (χ1v) is 6.28. The number of amides is 1. The molecule has 0 spiro atoms. The smallest absolute Gasteiger partial charge is 0.236 e. The normalized spacial score (nSPS) is 26.1. The summed E-state index contributed by atoms with van der Waals surface area (Å²) in [4.78, 5) is 13.8. The number of nitrogens with two attached hydrogens (primary N) is 1. The van der Waals surface area contributed by atoms with Crippen molar-refractivity contribution in [2.45, 2.75) is 45.7 Å². The van der Waals surface area contributed by atoms with Gasteiger partial charge in [0.1, 0.15) is 0 Å². The number of carbonyl (C=O) groups is 1. The van der Waals surface area contributed by atoms with Crippen LogP contribution in [0, 0.1) is 5.92 Å². The third kappa shape index (κ3) is 4.10. The Kier molecular flexibility index (Phi) is 5.22. The molecule has 1 rings (SSSR count). The molecule has 3 N–H and O–H groups in total. The zero-order valence-corrected chi connectivity index (χ0v) is 10.7. The maximum Gasteiger partial charge on any atom is 0.236 e. The van der Waals surface area contributed by atoms with Gasteiger partial charge in [-0.2, -0.15) is 0 Å². The summed E-state index contributed by atoms with van der Waals surface area (Å²) in [6, 6.07) is -0.00192. The fourth-order valence-electron chi connectivity index (χ4n) is 2.16. The second-order valence-electron chi connectivity index (χ2n) is 5.13. The topological polar surface area (TPSA) is 58.4 Å². The van der Waals surface area contributed by atoms with E-state index in [4.69, 9.17) is 5.73 Å². The number of piperidine rings is 1. The molecule has 3 atom stereocenters. The van der Waals surface area contributed by atoms with Gasteiger partial charge in [-0.25, -0.2) is 0 Å². The number of hydrogen-bond acceptors (Lipinski definition) is 3. The lowest BCUT2D eigenvalue weighted by Gasteiger charge is -2.35. The van der Waals surface area contributed by atoms with Crippen LogP contribution in [0.25, 0.3) is 0 Å². The summed E-state index contributed by atoms with van der Waals surface area (Å²) in [7, 11) is 0. The van der Waals surface area contributed by atoms with Gasteiger partial charge in [-0.15, -0.1) is 0 Å². The minimum atomic E-state index is -0.410. The Bertz CT molecular complexity index is 230. The molecular weight excluding hydrogens is 202 g/mol.